The van der Waals surface area contributed by atoms with Crippen LogP contribution in [0.4, 0.5) is 0 Å². The summed E-state index contributed by atoms with van der Waals surface area (Å²) in [6, 6.07) is 0. The van der Waals surface area contributed by atoms with Crippen molar-refractivity contribution in [1.82, 2.24) is 10.2 Å². The standard InChI is InChI=1S/C11H17N3O/c12-6-11-14-13-10(15-11)5-9-4-7-1-2-8(9)3-7/h7-9H,1-6,12H2. The Kier molecular flexibility index (Phi) is 2.24. The SMILES string of the molecule is NCc1nnc(CC2CC3CCC2C3)o1. The largest absolute Gasteiger partial charge is 0.424 e. The Hall–Kier alpha value is -0.900. The molecule has 2 N–H and O–H groups in total. The van der Waals surface area contributed by atoms with Crippen molar-refractivity contribution < 1.29 is 4.42 Å². The van der Waals surface area contributed by atoms with Crippen molar-refractivity contribution >= 4 is 0 Å². The fraction of sp³-hybridized carbons (Fsp3) is 0.818. The molecule has 2 aliphatic carbocycles. The van der Waals surface area contributed by atoms with Gasteiger partial charge in [0.1, 0.15) is 0 Å². The topological polar surface area (TPSA) is 64.9 Å². The molecule has 1 aromatic heterocycles. The highest BCUT2D eigenvalue weighted by atomic mass is 16.4. The van der Waals surface area contributed by atoms with E-state index < -0.39 is 0 Å². The highest BCUT2D eigenvalue weighted by Crippen LogP contribution is 2.49. The minimum Gasteiger partial charge on any atom is -0.424 e. The molecule has 2 aliphatic rings. The summed E-state index contributed by atoms with van der Waals surface area (Å²) in [5.74, 6) is 4.04. The number of hydrogen-bond donors (Lipinski definition) is 1. The second kappa shape index (κ2) is 3.59. The normalized spacial score (nSPS) is 33.8. The van der Waals surface area contributed by atoms with E-state index in [0.717, 1.165) is 30.1 Å². The molecule has 0 amide bonds. The van der Waals surface area contributed by atoms with Gasteiger partial charge in [0.2, 0.25) is 11.8 Å². The first-order chi connectivity index (χ1) is 7.35. The van der Waals surface area contributed by atoms with Gasteiger partial charge in [-0.15, -0.1) is 10.2 Å². The minimum absolute atomic E-state index is 0.351. The predicted octanol–water partition coefficient (Wildman–Crippen LogP) is 1.51. The van der Waals surface area contributed by atoms with E-state index in [1.54, 1.807) is 0 Å². The van der Waals surface area contributed by atoms with E-state index >= 15 is 0 Å². The van der Waals surface area contributed by atoms with Gasteiger partial charge in [0.15, 0.2) is 0 Å². The minimum atomic E-state index is 0.351. The first kappa shape index (κ1) is 9.33. The predicted molar refractivity (Wildman–Crippen MR) is 54.8 cm³/mol. The zero-order valence-electron chi connectivity index (χ0n) is 8.85. The smallest absolute Gasteiger partial charge is 0.230 e. The van der Waals surface area contributed by atoms with Crippen molar-refractivity contribution in [3.05, 3.63) is 11.8 Å². The maximum Gasteiger partial charge on any atom is 0.230 e. The molecule has 15 heavy (non-hydrogen) atoms. The zero-order chi connectivity index (χ0) is 10.3. The van der Waals surface area contributed by atoms with Gasteiger partial charge in [0.05, 0.1) is 6.54 Å². The van der Waals surface area contributed by atoms with Crippen molar-refractivity contribution in [1.29, 1.82) is 0 Å². The van der Waals surface area contributed by atoms with Gasteiger partial charge in [-0.3, -0.25) is 0 Å². The molecule has 1 heterocycles. The molecule has 4 heteroatoms. The lowest BCUT2D eigenvalue weighted by molar-refractivity contribution is 0.303. The van der Waals surface area contributed by atoms with Crippen LogP contribution in [0.5, 0.6) is 0 Å². The van der Waals surface area contributed by atoms with Crippen LogP contribution in [0.2, 0.25) is 0 Å². The third-order valence-corrected chi connectivity index (χ3v) is 4.00. The third kappa shape index (κ3) is 1.67. The van der Waals surface area contributed by atoms with E-state index in [1.165, 1.54) is 25.7 Å². The second-order valence-electron chi connectivity index (χ2n) is 4.93. The monoisotopic (exact) mass is 207 g/mol. The molecule has 0 aromatic carbocycles. The molecular formula is C11H17N3O. The lowest BCUT2D eigenvalue weighted by atomic mass is 9.86. The Morgan fingerprint density at radius 3 is 2.67 bits per heavy atom. The highest BCUT2D eigenvalue weighted by Gasteiger charge is 2.39. The Morgan fingerprint density at radius 2 is 2.07 bits per heavy atom. The van der Waals surface area contributed by atoms with E-state index in [-0.39, 0.29) is 0 Å². The van der Waals surface area contributed by atoms with E-state index in [9.17, 15) is 0 Å². The number of fused-ring (bicyclic) bond motifs is 2. The fourth-order valence-electron chi connectivity index (χ4n) is 3.30. The van der Waals surface area contributed by atoms with E-state index in [2.05, 4.69) is 10.2 Å². The van der Waals surface area contributed by atoms with E-state index in [1.807, 2.05) is 0 Å². The molecule has 0 radical (unpaired) electrons. The Morgan fingerprint density at radius 1 is 1.20 bits per heavy atom. The molecule has 3 unspecified atom stereocenters. The molecule has 2 fully saturated rings. The molecule has 0 aliphatic heterocycles. The van der Waals surface area contributed by atoms with Crippen LogP contribution in [0.25, 0.3) is 0 Å². The van der Waals surface area contributed by atoms with Gasteiger partial charge in [-0.05, 0) is 37.0 Å². The Bertz CT molecular complexity index is 349. The zero-order valence-corrected chi connectivity index (χ0v) is 8.85. The molecule has 0 spiro atoms. The van der Waals surface area contributed by atoms with Gasteiger partial charge in [-0.1, -0.05) is 6.42 Å². The first-order valence-electron chi connectivity index (χ1n) is 5.86. The Labute approximate surface area is 89.2 Å². The first-order valence-corrected chi connectivity index (χ1v) is 5.86. The lowest BCUT2D eigenvalue weighted by Gasteiger charge is -2.19. The van der Waals surface area contributed by atoms with Crippen molar-refractivity contribution in [3.8, 4) is 0 Å². The summed E-state index contributed by atoms with van der Waals surface area (Å²) < 4.78 is 5.46. The van der Waals surface area contributed by atoms with Gasteiger partial charge in [-0.2, -0.15) is 0 Å². The average molecular weight is 207 g/mol. The summed E-state index contributed by atoms with van der Waals surface area (Å²) in [5.41, 5.74) is 5.44. The van der Waals surface area contributed by atoms with Crippen LogP contribution in [0.1, 0.15) is 37.5 Å². The van der Waals surface area contributed by atoms with Gasteiger partial charge < -0.3 is 10.2 Å². The molecule has 4 nitrogen and oxygen atoms in total. The van der Waals surface area contributed by atoms with Crippen LogP contribution in [-0.2, 0) is 13.0 Å². The molecule has 2 bridgehead atoms. The quantitative estimate of drug-likeness (QED) is 0.815. The number of nitrogens with two attached hydrogens (primary N) is 1. The summed E-state index contributed by atoms with van der Waals surface area (Å²) in [6.45, 7) is 0.351. The average Bonchev–Trinajstić information content (AvgIpc) is 2.92. The molecular weight excluding hydrogens is 190 g/mol. The number of rotatable bonds is 3. The molecule has 3 rings (SSSR count). The van der Waals surface area contributed by atoms with Crippen molar-refractivity contribution in [2.75, 3.05) is 0 Å². The Balaban J connectivity index is 1.65. The highest BCUT2D eigenvalue weighted by molar-refractivity contribution is 4.94. The van der Waals surface area contributed by atoms with Gasteiger partial charge in [0, 0.05) is 6.42 Å². The van der Waals surface area contributed by atoms with Crippen LogP contribution in [-0.4, -0.2) is 10.2 Å². The van der Waals surface area contributed by atoms with Crippen molar-refractivity contribution in [2.24, 2.45) is 23.5 Å². The summed E-state index contributed by atoms with van der Waals surface area (Å²) >= 11 is 0. The second-order valence-corrected chi connectivity index (χ2v) is 4.93. The van der Waals surface area contributed by atoms with E-state index in [4.69, 9.17) is 10.2 Å². The van der Waals surface area contributed by atoms with Crippen LogP contribution >= 0.6 is 0 Å². The lowest BCUT2D eigenvalue weighted by Crippen LogP contribution is -2.13. The molecule has 2 saturated carbocycles. The summed E-state index contributed by atoms with van der Waals surface area (Å²) in [7, 11) is 0. The summed E-state index contributed by atoms with van der Waals surface area (Å²) in [5, 5.41) is 7.93. The maximum absolute atomic E-state index is 5.46. The third-order valence-electron chi connectivity index (χ3n) is 4.00. The van der Waals surface area contributed by atoms with Gasteiger partial charge in [-0.25, -0.2) is 0 Å². The van der Waals surface area contributed by atoms with Crippen LogP contribution in [0, 0.1) is 17.8 Å². The van der Waals surface area contributed by atoms with Gasteiger partial charge in [0.25, 0.3) is 0 Å². The molecule has 1 aromatic rings. The number of nitrogens with zero attached hydrogens (tertiary/aromatic N) is 2. The maximum atomic E-state index is 5.46. The van der Waals surface area contributed by atoms with Crippen molar-refractivity contribution in [3.63, 3.8) is 0 Å². The number of hydrogen-bond acceptors (Lipinski definition) is 4. The molecule has 82 valence electrons. The van der Waals surface area contributed by atoms with Gasteiger partial charge >= 0.3 is 0 Å². The van der Waals surface area contributed by atoms with E-state index in [0.29, 0.717) is 12.4 Å². The summed E-state index contributed by atoms with van der Waals surface area (Å²) in [6.07, 6.45) is 6.62. The van der Waals surface area contributed by atoms with Crippen LogP contribution < -0.4 is 5.73 Å². The summed E-state index contributed by atoms with van der Waals surface area (Å²) in [4.78, 5) is 0. The number of aromatic nitrogens is 2. The van der Waals surface area contributed by atoms with Crippen molar-refractivity contribution in [2.45, 2.75) is 38.6 Å². The molecule has 3 atom stereocenters. The fourth-order valence-corrected chi connectivity index (χ4v) is 3.30. The van der Waals surface area contributed by atoms with Crippen LogP contribution in [0.15, 0.2) is 4.42 Å². The van der Waals surface area contributed by atoms with Crippen LogP contribution in [0.3, 0.4) is 0 Å². The molecule has 0 saturated heterocycles.